The summed E-state index contributed by atoms with van der Waals surface area (Å²) in [5, 5.41) is 19.9. The molecule has 0 aliphatic carbocycles. The average molecular weight is 408 g/mol. The zero-order valence-corrected chi connectivity index (χ0v) is 15.9. The summed E-state index contributed by atoms with van der Waals surface area (Å²) in [5.41, 5.74) is 1.45. The van der Waals surface area contributed by atoms with Crippen LogP contribution in [0, 0.1) is 11.3 Å². The zero-order chi connectivity index (χ0) is 20.4. The summed E-state index contributed by atoms with van der Waals surface area (Å²) in [5.74, 6) is 0.703. The number of hydrogen-bond acceptors (Lipinski definition) is 7. The van der Waals surface area contributed by atoms with Crippen LogP contribution in [-0.4, -0.2) is 25.0 Å². The Kier molecular flexibility index (Phi) is 4.89. The van der Waals surface area contributed by atoms with Gasteiger partial charge in [0.05, 0.1) is 22.9 Å². The van der Waals surface area contributed by atoms with Gasteiger partial charge in [-0.2, -0.15) is 15.2 Å². The first-order valence-electron chi connectivity index (χ1n) is 8.65. The molecule has 0 aliphatic heterocycles. The molecule has 2 N–H and O–H groups in total. The van der Waals surface area contributed by atoms with Crippen molar-refractivity contribution in [3.8, 4) is 35.2 Å². The quantitative estimate of drug-likeness (QED) is 0.491. The minimum atomic E-state index is -0.106. The summed E-state index contributed by atoms with van der Waals surface area (Å²) < 4.78 is 11.6. The number of halogens is 1. The van der Waals surface area contributed by atoms with Gasteiger partial charge in [-0.3, -0.25) is 4.98 Å². The molecule has 1 aromatic carbocycles. The molecule has 3 heterocycles. The Labute approximate surface area is 170 Å². The van der Waals surface area contributed by atoms with Gasteiger partial charge in [-0.1, -0.05) is 18.5 Å². The number of ether oxygens (including phenoxy) is 2. The van der Waals surface area contributed by atoms with E-state index in [0.717, 1.165) is 5.69 Å². The number of rotatable bonds is 5. The van der Waals surface area contributed by atoms with E-state index in [9.17, 15) is 5.11 Å². The van der Waals surface area contributed by atoms with Crippen molar-refractivity contribution in [1.29, 1.82) is 5.26 Å². The Bertz CT molecular complexity index is 1230. The number of fused-ring (bicyclic) bond motifs is 1. The number of aromatic nitrogens is 4. The van der Waals surface area contributed by atoms with Crippen molar-refractivity contribution in [2.75, 3.05) is 0 Å². The second kappa shape index (κ2) is 7.66. The number of aromatic amines is 1. The lowest BCUT2D eigenvalue weighted by molar-refractivity contribution is 0.413. The van der Waals surface area contributed by atoms with Crippen LogP contribution in [0.3, 0.4) is 0 Å². The molecule has 3 aromatic heterocycles. The topological polar surface area (TPSA) is 117 Å². The van der Waals surface area contributed by atoms with E-state index in [1.165, 1.54) is 24.4 Å². The molecule has 0 atom stereocenters. The maximum atomic E-state index is 9.83. The number of nitrogens with one attached hydrogen (secondary N) is 1. The largest absolute Gasteiger partial charge is 0.508 e. The van der Waals surface area contributed by atoms with Crippen LogP contribution in [0.5, 0.6) is 29.1 Å². The van der Waals surface area contributed by atoms with E-state index in [4.69, 9.17) is 26.3 Å². The molecule has 4 aromatic rings. The second-order valence-electron chi connectivity index (χ2n) is 6.03. The molecule has 144 valence electrons. The average Bonchev–Trinajstić information content (AvgIpc) is 3.04. The van der Waals surface area contributed by atoms with Gasteiger partial charge in [0.2, 0.25) is 5.88 Å². The first-order chi connectivity index (χ1) is 14.1. The number of hydrogen-bond donors (Lipinski definition) is 2. The Balaban J connectivity index is 1.83. The minimum absolute atomic E-state index is 0.0294. The number of pyridine rings is 1. The van der Waals surface area contributed by atoms with E-state index in [1.54, 1.807) is 18.3 Å². The Morgan fingerprint density at radius 1 is 1.21 bits per heavy atom. The predicted molar refractivity (Wildman–Crippen MR) is 105 cm³/mol. The third kappa shape index (κ3) is 3.77. The van der Waals surface area contributed by atoms with Crippen LogP contribution in [0.15, 0.2) is 42.7 Å². The van der Waals surface area contributed by atoms with Crippen molar-refractivity contribution in [3.63, 3.8) is 0 Å². The van der Waals surface area contributed by atoms with Gasteiger partial charge in [0.15, 0.2) is 0 Å². The molecule has 0 fully saturated rings. The van der Waals surface area contributed by atoms with Crippen LogP contribution in [0.1, 0.15) is 18.2 Å². The highest BCUT2D eigenvalue weighted by Gasteiger charge is 2.19. The number of benzene rings is 1. The number of H-pyrrole nitrogens is 1. The summed E-state index contributed by atoms with van der Waals surface area (Å²) in [6, 6.07) is 9.62. The normalized spacial score (nSPS) is 10.7. The van der Waals surface area contributed by atoms with Gasteiger partial charge in [-0.25, -0.2) is 0 Å². The number of nitriles is 1. The van der Waals surface area contributed by atoms with E-state index < -0.39 is 0 Å². The molecule has 0 spiro atoms. The van der Waals surface area contributed by atoms with Gasteiger partial charge in [0, 0.05) is 18.0 Å². The van der Waals surface area contributed by atoms with Gasteiger partial charge < -0.3 is 19.6 Å². The van der Waals surface area contributed by atoms with E-state index in [-0.39, 0.29) is 29.0 Å². The molecule has 0 amide bonds. The highest BCUT2D eigenvalue weighted by Crippen LogP contribution is 2.37. The van der Waals surface area contributed by atoms with Crippen molar-refractivity contribution in [1.82, 2.24) is 19.9 Å². The molecule has 0 radical (unpaired) electrons. The van der Waals surface area contributed by atoms with Crippen molar-refractivity contribution >= 4 is 22.6 Å². The molecule has 0 aliphatic rings. The smallest absolute Gasteiger partial charge is 0.327 e. The van der Waals surface area contributed by atoms with Crippen LogP contribution in [0.4, 0.5) is 0 Å². The zero-order valence-electron chi connectivity index (χ0n) is 15.2. The Morgan fingerprint density at radius 3 is 2.79 bits per heavy atom. The number of nitrogens with zero attached hydrogens (tertiary/aromatic N) is 4. The van der Waals surface area contributed by atoms with Crippen LogP contribution in [-0.2, 0) is 6.42 Å². The molecular weight excluding hydrogens is 394 g/mol. The number of aromatic hydroxyl groups is 1. The summed E-state index contributed by atoms with van der Waals surface area (Å²) in [4.78, 5) is 15.8. The molecule has 0 bridgehead atoms. The van der Waals surface area contributed by atoms with E-state index >= 15 is 0 Å². The Hall–Kier alpha value is -3.83. The van der Waals surface area contributed by atoms with Gasteiger partial charge in [0.25, 0.3) is 0 Å². The van der Waals surface area contributed by atoms with Crippen LogP contribution in [0.2, 0.25) is 5.02 Å². The third-order valence-corrected chi connectivity index (χ3v) is 4.46. The van der Waals surface area contributed by atoms with E-state index in [0.29, 0.717) is 28.2 Å². The number of phenolic OH excluding ortho intramolecular Hbond substituents is 1. The fourth-order valence-corrected chi connectivity index (χ4v) is 3.10. The van der Waals surface area contributed by atoms with Gasteiger partial charge >= 0.3 is 6.01 Å². The van der Waals surface area contributed by atoms with Crippen molar-refractivity contribution in [2.24, 2.45) is 0 Å². The summed E-state index contributed by atoms with van der Waals surface area (Å²) in [6.45, 7) is 1.95. The third-order valence-electron chi connectivity index (χ3n) is 4.04. The van der Waals surface area contributed by atoms with Crippen molar-refractivity contribution < 1.29 is 14.6 Å². The maximum absolute atomic E-state index is 9.83. The second-order valence-corrected chi connectivity index (χ2v) is 6.40. The number of phenols is 1. The highest BCUT2D eigenvalue weighted by molar-refractivity contribution is 6.36. The summed E-state index contributed by atoms with van der Waals surface area (Å²) in [6.07, 6.45) is 3.80. The standard InChI is InChI=1S/C20H14ClN5O3/c1-2-15-17(21)16-18(24-15)25-20(29-13-4-3-5-23-10-13)26-19(16)28-14-7-11(9-22)6-12(27)8-14/h3-8,10,27H,2H2,1H3,(H,24,25,26). The van der Waals surface area contributed by atoms with Crippen molar-refractivity contribution in [2.45, 2.75) is 13.3 Å². The molecular formula is C20H14ClN5O3. The predicted octanol–water partition coefficient (Wildman–Crippen LogP) is 4.73. The Morgan fingerprint density at radius 2 is 2.07 bits per heavy atom. The molecule has 29 heavy (non-hydrogen) atoms. The molecule has 8 nitrogen and oxygen atoms in total. The van der Waals surface area contributed by atoms with Crippen molar-refractivity contribution in [3.05, 3.63) is 59.0 Å². The van der Waals surface area contributed by atoms with Crippen LogP contribution >= 0.6 is 11.6 Å². The molecule has 0 saturated carbocycles. The summed E-state index contributed by atoms with van der Waals surface area (Å²) >= 11 is 6.49. The monoisotopic (exact) mass is 407 g/mol. The first kappa shape index (κ1) is 18.5. The summed E-state index contributed by atoms with van der Waals surface area (Å²) in [7, 11) is 0. The lowest BCUT2D eigenvalue weighted by Crippen LogP contribution is -1.97. The van der Waals surface area contributed by atoms with Gasteiger partial charge in [-0.05, 0) is 30.7 Å². The van der Waals surface area contributed by atoms with E-state index in [1.807, 2.05) is 13.0 Å². The highest BCUT2D eigenvalue weighted by atomic mass is 35.5. The lowest BCUT2D eigenvalue weighted by Gasteiger charge is -2.09. The SMILES string of the molecule is CCc1[nH]c2nc(Oc3cccnc3)nc(Oc3cc(O)cc(C#N)c3)c2c1Cl. The molecule has 9 heteroatoms. The van der Waals surface area contributed by atoms with Crippen LogP contribution < -0.4 is 9.47 Å². The van der Waals surface area contributed by atoms with Gasteiger partial charge in [-0.15, -0.1) is 0 Å². The molecule has 0 unspecified atom stereocenters. The molecule has 0 saturated heterocycles. The maximum Gasteiger partial charge on any atom is 0.327 e. The van der Waals surface area contributed by atoms with Gasteiger partial charge in [0.1, 0.15) is 28.3 Å². The van der Waals surface area contributed by atoms with Crippen LogP contribution in [0.25, 0.3) is 11.0 Å². The number of aryl methyl sites for hydroxylation is 1. The molecule has 4 rings (SSSR count). The van der Waals surface area contributed by atoms with E-state index in [2.05, 4.69) is 19.9 Å². The lowest BCUT2D eigenvalue weighted by atomic mass is 10.2. The fourth-order valence-electron chi connectivity index (χ4n) is 2.75. The fraction of sp³-hybridized carbons (Fsp3) is 0.100. The first-order valence-corrected chi connectivity index (χ1v) is 9.03. The minimum Gasteiger partial charge on any atom is -0.508 e.